The molecule has 286 valence electrons. The predicted molar refractivity (Wildman–Crippen MR) is 253 cm³/mol. The largest absolute Gasteiger partial charge is 0.308 e. The molecule has 12 aromatic rings. The summed E-state index contributed by atoms with van der Waals surface area (Å²) in [6.45, 7) is 0. The zero-order valence-electron chi connectivity index (χ0n) is 33.7. The third-order valence-electron chi connectivity index (χ3n) is 15.9. The minimum Gasteiger partial charge on any atom is -0.308 e. The molecule has 3 heteroatoms. The van der Waals surface area contributed by atoms with Gasteiger partial charge in [-0.1, -0.05) is 146 Å². The number of nitrogens with zero attached hydrogens (tertiary/aromatic N) is 3. The van der Waals surface area contributed by atoms with Crippen LogP contribution in [0.4, 0.5) is 0 Å². The Bertz CT molecular complexity index is 4170. The van der Waals surface area contributed by atoms with E-state index in [1.165, 1.54) is 115 Å². The smallest absolute Gasteiger partial charge is 0.0995 e. The van der Waals surface area contributed by atoms with E-state index in [2.05, 4.69) is 180 Å². The Morgan fingerprint density at radius 1 is 0.317 bits per heavy atom. The molecule has 3 nitrogen and oxygen atoms in total. The Hall–Kier alpha value is -8.24. The zero-order chi connectivity index (χ0) is 41.0. The highest BCUT2D eigenvalue weighted by Crippen LogP contribution is 2.63. The molecule has 4 bridgehead atoms. The monoisotopic (exact) mass is 793 g/mol. The van der Waals surface area contributed by atoms with Crippen LogP contribution in [0.15, 0.2) is 164 Å². The van der Waals surface area contributed by atoms with Crippen molar-refractivity contribution in [3.63, 3.8) is 0 Å². The first-order valence-electron chi connectivity index (χ1n) is 22.0. The van der Waals surface area contributed by atoms with Gasteiger partial charge in [0.25, 0.3) is 0 Å². The van der Waals surface area contributed by atoms with Crippen LogP contribution in [0.25, 0.3) is 70.4 Å². The lowest BCUT2D eigenvalue weighted by atomic mass is 9.59. The molecule has 0 unspecified atom stereocenters. The maximum absolute atomic E-state index is 11.4. The molecular weight excluding hydrogens is 763 g/mol. The van der Waals surface area contributed by atoms with E-state index in [-0.39, 0.29) is 23.7 Å². The molecule has 0 aliphatic heterocycles. The van der Waals surface area contributed by atoms with Gasteiger partial charge in [0.2, 0.25) is 0 Å². The van der Waals surface area contributed by atoms with Crippen LogP contribution < -0.4 is 0 Å². The fourth-order valence-electron chi connectivity index (χ4n) is 13.9. The average Bonchev–Trinajstić information content (AvgIpc) is 3.87. The van der Waals surface area contributed by atoms with Crippen molar-refractivity contribution < 1.29 is 0 Å². The third kappa shape index (κ3) is 3.54. The fourth-order valence-corrected chi connectivity index (χ4v) is 13.9. The normalized spacial score (nSPS) is 18.4. The third-order valence-corrected chi connectivity index (χ3v) is 15.9. The fraction of sp³-hybridized carbons (Fsp3) is 0.0667. The van der Waals surface area contributed by atoms with Gasteiger partial charge in [0.05, 0.1) is 39.8 Å². The highest BCUT2D eigenvalue weighted by atomic mass is 14.9. The van der Waals surface area contributed by atoms with Gasteiger partial charge in [0.15, 0.2) is 0 Å². The molecule has 0 amide bonds. The number of rotatable bonds is 0. The molecule has 63 heavy (non-hydrogen) atoms. The average molecular weight is 794 g/mol. The lowest BCUT2D eigenvalue weighted by Crippen LogP contribution is -2.28. The van der Waals surface area contributed by atoms with E-state index in [0.29, 0.717) is 0 Å². The lowest BCUT2D eigenvalue weighted by Gasteiger charge is -2.43. The van der Waals surface area contributed by atoms with E-state index in [4.69, 9.17) is 0 Å². The molecule has 6 aliphatic carbocycles. The predicted octanol–water partition coefficient (Wildman–Crippen LogP) is 14.0. The molecule has 6 aliphatic rings. The van der Waals surface area contributed by atoms with Crippen LogP contribution >= 0.6 is 0 Å². The van der Waals surface area contributed by atoms with Gasteiger partial charge in [0, 0.05) is 50.6 Å². The Kier molecular flexibility index (Phi) is 5.67. The number of hydrogen-bond acceptors (Lipinski definition) is 2. The van der Waals surface area contributed by atoms with Gasteiger partial charge in [-0.2, -0.15) is 10.5 Å². The highest BCUT2D eigenvalue weighted by Gasteiger charge is 2.47. The standard InChI is InChI=1S/C60H31N3/c61-28-30-25-46-55(57-48(30)50-36-17-5-9-21-40(36)52(57)41-22-10-6-18-37(41)50)45-27-44-34-15-2-1-13-32(34)33-14-3-4-16-35(33)54(44)59-56-47(63(46)60(45)59)26-31(29-62)49-51-38-19-7-11-23-42(38)53(58(49)56)43-24-12-8-20-39(43)51/h1-27,50-53H. The Morgan fingerprint density at radius 3 is 1.11 bits per heavy atom. The summed E-state index contributed by atoms with van der Waals surface area (Å²) >= 11 is 0. The summed E-state index contributed by atoms with van der Waals surface area (Å²) in [5.74, 6) is -0.160. The SMILES string of the molecule is N#Cc1cc2c(c3c1C1c4ccccc4C3c3ccccc31)c1cc3c4ccccc4c4ccccc4c3c3c4c5c(c(C#N)cc4n2c13)C1c2ccccc2C5c2ccccc21. The lowest BCUT2D eigenvalue weighted by molar-refractivity contribution is 0.758. The van der Waals surface area contributed by atoms with Gasteiger partial charge < -0.3 is 4.40 Å². The molecule has 2 heterocycles. The molecule has 0 radical (unpaired) electrons. The van der Waals surface area contributed by atoms with E-state index < -0.39 is 0 Å². The molecule has 0 saturated carbocycles. The molecule has 18 rings (SSSR count). The Labute approximate surface area is 361 Å². The molecular formula is C60H31N3. The van der Waals surface area contributed by atoms with Crippen molar-refractivity contribution in [1.29, 1.82) is 10.5 Å². The second-order valence-corrected chi connectivity index (χ2v) is 18.3. The summed E-state index contributed by atoms with van der Waals surface area (Å²) in [5, 5.41) is 35.0. The van der Waals surface area contributed by atoms with Crippen molar-refractivity contribution in [2.45, 2.75) is 23.7 Å². The van der Waals surface area contributed by atoms with Crippen LogP contribution in [0.1, 0.15) is 102 Å². The van der Waals surface area contributed by atoms with E-state index in [9.17, 15) is 10.5 Å². The quantitative estimate of drug-likeness (QED) is 0.144. The van der Waals surface area contributed by atoms with Crippen molar-refractivity contribution in [2.75, 3.05) is 0 Å². The van der Waals surface area contributed by atoms with Crippen LogP contribution in [0.3, 0.4) is 0 Å². The minimum absolute atomic E-state index is 0.0272. The van der Waals surface area contributed by atoms with E-state index >= 15 is 0 Å². The van der Waals surface area contributed by atoms with Crippen LogP contribution in [-0.4, -0.2) is 4.40 Å². The molecule has 2 aromatic heterocycles. The second kappa shape index (κ2) is 11.0. The van der Waals surface area contributed by atoms with Crippen molar-refractivity contribution in [3.05, 3.63) is 242 Å². The maximum Gasteiger partial charge on any atom is 0.0995 e. The second-order valence-electron chi connectivity index (χ2n) is 18.3. The topological polar surface area (TPSA) is 52.0 Å². The van der Waals surface area contributed by atoms with Crippen molar-refractivity contribution in [2.24, 2.45) is 0 Å². The zero-order valence-corrected chi connectivity index (χ0v) is 33.7. The van der Waals surface area contributed by atoms with Crippen molar-refractivity contribution in [3.8, 4) is 12.1 Å². The summed E-state index contributed by atoms with van der Waals surface area (Å²) in [7, 11) is 0. The van der Waals surface area contributed by atoms with Gasteiger partial charge in [0.1, 0.15) is 0 Å². The van der Waals surface area contributed by atoms with Gasteiger partial charge in [-0.15, -0.1) is 0 Å². The van der Waals surface area contributed by atoms with Gasteiger partial charge in [-0.3, -0.25) is 0 Å². The summed E-state index contributed by atoms with van der Waals surface area (Å²) in [4.78, 5) is 0. The first-order valence-corrected chi connectivity index (χ1v) is 22.0. The van der Waals surface area contributed by atoms with Crippen LogP contribution in [-0.2, 0) is 0 Å². The number of fused-ring (bicyclic) bond motifs is 13. The van der Waals surface area contributed by atoms with Gasteiger partial charge in [-0.05, 0) is 112 Å². The van der Waals surface area contributed by atoms with Gasteiger partial charge in [-0.25, -0.2) is 0 Å². The highest BCUT2D eigenvalue weighted by molar-refractivity contribution is 6.41. The number of benzene rings is 10. The molecule has 10 aromatic carbocycles. The summed E-state index contributed by atoms with van der Waals surface area (Å²) in [5.41, 5.74) is 20.0. The van der Waals surface area contributed by atoms with Crippen molar-refractivity contribution >= 4 is 70.4 Å². The number of nitriles is 2. The van der Waals surface area contributed by atoms with Gasteiger partial charge >= 0.3 is 0 Å². The summed E-state index contributed by atoms with van der Waals surface area (Å²) in [6, 6.07) is 66.0. The molecule has 0 atom stereocenters. The number of hydrogen-bond donors (Lipinski definition) is 0. The van der Waals surface area contributed by atoms with E-state index in [1.807, 2.05) is 0 Å². The summed E-state index contributed by atoms with van der Waals surface area (Å²) < 4.78 is 2.47. The maximum atomic E-state index is 11.4. The van der Waals surface area contributed by atoms with Crippen LogP contribution in [0, 0.1) is 22.7 Å². The molecule has 0 fully saturated rings. The molecule has 0 saturated heterocycles. The summed E-state index contributed by atoms with van der Waals surface area (Å²) in [6.07, 6.45) is 0. The number of aromatic nitrogens is 1. The first kappa shape index (κ1) is 32.5. The Morgan fingerprint density at radius 2 is 0.667 bits per heavy atom. The van der Waals surface area contributed by atoms with E-state index in [1.54, 1.807) is 0 Å². The van der Waals surface area contributed by atoms with Crippen LogP contribution in [0.5, 0.6) is 0 Å². The van der Waals surface area contributed by atoms with Crippen molar-refractivity contribution in [1.82, 2.24) is 4.40 Å². The van der Waals surface area contributed by atoms with E-state index in [0.717, 1.165) is 33.3 Å². The first-order chi connectivity index (χ1) is 31.2. The molecule has 0 N–H and O–H groups in total. The van der Waals surface area contributed by atoms with Crippen LogP contribution in [0.2, 0.25) is 0 Å². The molecule has 0 spiro atoms. The Balaban J connectivity index is 1.20. The minimum atomic E-state index is -0.0509.